The van der Waals surface area contributed by atoms with Gasteiger partial charge in [-0.3, -0.25) is 0 Å². The molecule has 0 bridgehead atoms. The molecule has 0 aromatic heterocycles. The van der Waals surface area contributed by atoms with Crippen molar-refractivity contribution in [3.63, 3.8) is 0 Å². The molecule has 0 amide bonds. The second-order valence-electron chi connectivity index (χ2n) is 6.10. The van der Waals surface area contributed by atoms with Crippen molar-refractivity contribution in [2.24, 2.45) is 0 Å². The molecule has 6 heteroatoms. The summed E-state index contributed by atoms with van der Waals surface area (Å²) >= 11 is 0. The van der Waals surface area contributed by atoms with Gasteiger partial charge in [-0.15, -0.1) is 0 Å². The van der Waals surface area contributed by atoms with Crippen LogP contribution in [-0.2, 0) is 14.2 Å². The standard InChI is InChI=1S/C18H18O6/c1-18(2)23-10-13(24-18)9-22-17(21)15-8-12-6-4-3-5-11(12)7-14(15)16(19)20/h3-8,13H,9-10H2,1-2H3,(H,19,20)/t13-/m0/s1. The first-order valence-electron chi connectivity index (χ1n) is 7.61. The lowest BCUT2D eigenvalue weighted by Gasteiger charge is -2.17. The minimum atomic E-state index is -1.17. The van der Waals surface area contributed by atoms with Crippen LogP contribution in [0.5, 0.6) is 0 Å². The van der Waals surface area contributed by atoms with Crippen LogP contribution in [0.15, 0.2) is 36.4 Å². The zero-order chi connectivity index (χ0) is 17.3. The van der Waals surface area contributed by atoms with E-state index in [4.69, 9.17) is 14.2 Å². The van der Waals surface area contributed by atoms with E-state index >= 15 is 0 Å². The molecule has 0 radical (unpaired) electrons. The van der Waals surface area contributed by atoms with Gasteiger partial charge in [0.05, 0.1) is 17.7 Å². The van der Waals surface area contributed by atoms with E-state index in [9.17, 15) is 14.7 Å². The fourth-order valence-electron chi connectivity index (χ4n) is 2.68. The van der Waals surface area contributed by atoms with Crippen molar-refractivity contribution < 1.29 is 28.9 Å². The molecule has 24 heavy (non-hydrogen) atoms. The number of carbonyl (C=O) groups is 2. The van der Waals surface area contributed by atoms with E-state index < -0.39 is 17.7 Å². The van der Waals surface area contributed by atoms with Gasteiger partial charge in [-0.05, 0) is 36.8 Å². The number of hydrogen-bond donors (Lipinski definition) is 1. The Morgan fingerprint density at radius 1 is 1.21 bits per heavy atom. The maximum atomic E-state index is 12.3. The fourth-order valence-corrected chi connectivity index (χ4v) is 2.68. The van der Waals surface area contributed by atoms with E-state index in [1.54, 1.807) is 19.9 Å². The summed E-state index contributed by atoms with van der Waals surface area (Å²) in [6, 6.07) is 10.3. The molecule has 1 atom stereocenters. The monoisotopic (exact) mass is 330 g/mol. The number of benzene rings is 2. The van der Waals surface area contributed by atoms with Crippen molar-refractivity contribution in [3.05, 3.63) is 47.5 Å². The summed E-state index contributed by atoms with van der Waals surface area (Å²) in [6.07, 6.45) is -0.363. The van der Waals surface area contributed by atoms with Gasteiger partial charge in [0.15, 0.2) is 5.79 Å². The zero-order valence-electron chi connectivity index (χ0n) is 13.4. The van der Waals surface area contributed by atoms with Gasteiger partial charge in [0.1, 0.15) is 12.7 Å². The Morgan fingerprint density at radius 2 is 1.83 bits per heavy atom. The first kappa shape index (κ1) is 16.4. The van der Waals surface area contributed by atoms with Crippen molar-refractivity contribution in [2.75, 3.05) is 13.2 Å². The number of hydrogen-bond acceptors (Lipinski definition) is 5. The van der Waals surface area contributed by atoms with Gasteiger partial charge in [-0.1, -0.05) is 24.3 Å². The van der Waals surface area contributed by atoms with Crippen molar-refractivity contribution in [1.82, 2.24) is 0 Å². The van der Waals surface area contributed by atoms with Crippen LogP contribution in [0, 0.1) is 0 Å². The van der Waals surface area contributed by atoms with Crippen LogP contribution >= 0.6 is 0 Å². The number of ether oxygens (including phenoxy) is 3. The van der Waals surface area contributed by atoms with Crippen molar-refractivity contribution in [2.45, 2.75) is 25.7 Å². The van der Waals surface area contributed by atoms with Gasteiger partial charge in [0.2, 0.25) is 0 Å². The maximum Gasteiger partial charge on any atom is 0.339 e. The molecule has 0 spiro atoms. The third kappa shape index (κ3) is 3.39. The molecule has 0 aliphatic carbocycles. The Labute approximate surface area is 138 Å². The summed E-state index contributed by atoms with van der Waals surface area (Å²) in [4.78, 5) is 23.8. The lowest BCUT2D eigenvalue weighted by molar-refractivity contribution is -0.142. The van der Waals surface area contributed by atoms with Gasteiger partial charge >= 0.3 is 11.9 Å². The molecule has 2 aromatic rings. The highest BCUT2D eigenvalue weighted by atomic mass is 16.7. The van der Waals surface area contributed by atoms with E-state index in [0.717, 1.165) is 10.8 Å². The zero-order valence-corrected chi connectivity index (χ0v) is 13.4. The number of esters is 1. The van der Waals surface area contributed by atoms with Crippen LogP contribution < -0.4 is 0 Å². The largest absolute Gasteiger partial charge is 0.478 e. The second kappa shape index (κ2) is 6.22. The Bertz CT molecular complexity index is 795. The van der Waals surface area contributed by atoms with Gasteiger partial charge in [0.25, 0.3) is 0 Å². The average Bonchev–Trinajstić information content (AvgIpc) is 2.90. The summed E-state index contributed by atoms with van der Waals surface area (Å²) in [5.74, 6) is -2.56. The predicted molar refractivity (Wildman–Crippen MR) is 86.1 cm³/mol. The molecule has 2 aromatic carbocycles. The van der Waals surface area contributed by atoms with E-state index in [-0.39, 0.29) is 23.8 Å². The maximum absolute atomic E-state index is 12.3. The van der Waals surface area contributed by atoms with Crippen molar-refractivity contribution >= 4 is 22.7 Å². The molecule has 0 saturated carbocycles. The minimum Gasteiger partial charge on any atom is -0.478 e. The van der Waals surface area contributed by atoms with E-state index in [1.807, 2.05) is 18.2 Å². The Morgan fingerprint density at radius 3 is 2.38 bits per heavy atom. The lowest BCUT2D eigenvalue weighted by Crippen LogP contribution is -2.25. The summed E-state index contributed by atoms with van der Waals surface area (Å²) in [6.45, 7) is 3.89. The van der Waals surface area contributed by atoms with Crippen molar-refractivity contribution in [1.29, 1.82) is 0 Å². The summed E-state index contributed by atoms with van der Waals surface area (Å²) < 4.78 is 16.2. The van der Waals surface area contributed by atoms with Crippen molar-refractivity contribution in [3.8, 4) is 0 Å². The molecular weight excluding hydrogens is 312 g/mol. The van der Waals surface area contributed by atoms with E-state index in [1.165, 1.54) is 12.1 Å². The topological polar surface area (TPSA) is 82.1 Å². The molecule has 0 unspecified atom stereocenters. The van der Waals surface area contributed by atoms with Gasteiger partial charge in [0, 0.05) is 0 Å². The molecule has 1 aliphatic heterocycles. The number of carboxylic acid groups (broad SMARTS) is 1. The van der Waals surface area contributed by atoms with Crippen LogP contribution in [0.2, 0.25) is 0 Å². The highest BCUT2D eigenvalue weighted by Crippen LogP contribution is 2.24. The molecule has 1 N–H and O–H groups in total. The average molecular weight is 330 g/mol. The first-order valence-corrected chi connectivity index (χ1v) is 7.61. The molecule has 1 aliphatic rings. The number of fused-ring (bicyclic) bond motifs is 1. The molecule has 6 nitrogen and oxygen atoms in total. The lowest BCUT2D eigenvalue weighted by atomic mass is 10.0. The number of aromatic carboxylic acids is 1. The SMILES string of the molecule is CC1(C)OC[C@H](COC(=O)c2cc3ccccc3cc2C(=O)O)O1. The summed E-state index contributed by atoms with van der Waals surface area (Å²) in [7, 11) is 0. The number of carbonyl (C=O) groups excluding carboxylic acids is 1. The van der Waals surface area contributed by atoms with Crippen LogP contribution in [0.1, 0.15) is 34.6 Å². The fraction of sp³-hybridized carbons (Fsp3) is 0.333. The van der Waals surface area contributed by atoms with Crippen LogP contribution in [0.4, 0.5) is 0 Å². The smallest absolute Gasteiger partial charge is 0.339 e. The Balaban J connectivity index is 1.81. The third-order valence-corrected chi connectivity index (χ3v) is 3.80. The highest BCUT2D eigenvalue weighted by molar-refractivity contribution is 6.06. The molecule has 1 saturated heterocycles. The van der Waals surface area contributed by atoms with E-state index in [2.05, 4.69) is 0 Å². The molecule has 1 heterocycles. The molecular formula is C18H18O6. The summed E-state index contributed by atoms with van der Waals surface area (Å²) in [5, 5.41) is 10.9. The quantitative estimate of drug-likeness (QED) is 0.868. The second-order valence-corrected chi connectivity index (χ2v) is 6.10. The summed E-state index contributed by atoms with van der Waals surface area (Å²) in [5.41, 5.74) is -0.0537. The Kier molecular flexibility index (Phi) is 4.26. The predicted octanol–water partition coefficient (Wildman–Crippen LogP) is 2.85. The minimum absolute atomic E-state index is 0.00808. The van der Waals surface area contributed by atoms with Crippen LogP contribution in [0.3, 0.4) is 0 Å². The van der Waals surface area contributed by atoms with Gasteiger partial charge in [-0.2, -0.15) is 0 Å². The van der Waals surface area contributed by atoms with E-state index in [0.29, 0.717) is 6.61 Å². The molecule has 3 rings (SSSR count). The van der Waals surface area contributed by atoms with Gasteiger partial charge in [-0.25, -0.2) is 9.59 Å². The first-order chi connectivity index (χ1) is 11.4. The Hall–Kier alpha value is -2.44. The third-order valence-electron chi connectivity index (χ3n) is 3.80. The number of rotatable bonds is 4. The number of carboxylic acids is 1. The van der Waals surface area contributed by atoms with Crippen LogP contribution in [0.25, 0.3) is 10.8 Å². The van der Waals surface area contributed by atoms with Gasteiger partial charge < -0.3 is 19.3 Å². The normalized spacial score (nSPS) is 19.3. The molecule has 1 fully saturated rings. The highest BCUT2D eigenvalue weighted by Gasteiger charge is 2.33. The molecule has 126 valence electrons. The van der Waals surface area contributed by atoms with Crippen LogP contribution in [-0.4, -0.2) is 42.1 Å².